The number of nitrogens with one attached hydrogen (secondary N) is 3. The van der Waals surface area contributed by atoms with E-state index in [4.69, 9.17) is 17.3 Å². The van der Waals surface area contributed by atoms with Crippen LogP contribution in [0.5, 0.6) is 0 Å². The Morgan fingerprint density at radius 1 is 1.36 bits per heavy atom. The highest BCUT2D eigenvalue weighted by atomic mass is 35.5. The molecule has 4 nitrogen and oxygen atoms in total. The molecule has 0 aromatic rings. The van der Waals surface area contributed by atoms with E-state index in [1.807, 2.05) is 0 Å². The van der Waals surface area contributed by atoms with Gasteiger partial charge in [0.05, 0.1) is 16.6 Å². The second-order valence-corrected chi connectivity index (χ2v) is 4.43. The minimum Gasteiger partial charge on any atom is -0.392 e. The second-order valence-electron chi connectivity index (χ2n) is 3.11. The molecule has 6 heteroatoms. The second kappa shape index (κ2) is 4.23. The first-order chi connectivity index (χ1) is 6.81. The molecule has 2 aliphatic rings. The zero-order chi connectivity index (χ0) is 9.97. The highest BCUT2D eigenvalue weighted by Crippen LogP contribution is 2.31. The Bertz CT molecular complexity index is 292. The Kier molecular flexibility index (Phi) is 2.98. The van der Waals surface area contributed by atoms with Gasteiger partial charge in [-0.2, -0.15) is 0 Å². The van der Waals surface area contributed by atoms with Gasteiger partial charge in [0.25, 0.3) is 0 Å². The third-order valence-electron chi connectivity index (χ3n) is 2.09. The number of hydrogen-bond acceptors (Lipinski definition) is 5. The van der Waals surface area contributed by atoms with Crippen LogP contribution in [0.1, 0.15) is 6.42 Å². The van der Waals surface area contributed by atoms with Gasteiger partial charge in [-0.25, -0.2) is 0 Å². The molecule has 0 bridgehead atoms. The summed E-state index contributed by atoms with van der Waals surface area (Å²) in [5.74, 6) is 1.46. The van der Waals surface area contributed by atoms with Crippen molar-refractivity contribution in [3.05, 3.63) is 21.6 Å². The van der Waals surface area contributed by atoms with Crippen molar-refractivity contribution in [3.63, 3.8) is 0 Å². The van der Waals surface area contributed by atoms with Gasteiger partial charge in [-0.1, -0.05) is 0 Å². The molecule has 5 N–H and O–H groups in total. The van der Waals surface area contributed by atoms with E-state index >= 15 is 0 Å². The molecule has 0 amide bonds. The van der Waals surface area contributed by atoms with Crippen molar-refractivity contribution in [2.75, 3.05) is 19.0 Å². The zero-order valence-corrected chi connectivity index (χ0v) is 9.26. The van der Waals surface area contributed by atoms with E-state index in [1.165, 1.54) is 11.8 Å². The van der Waals surface area contributed by atoms with Crippen molar-refractivity contribution in [3.8, 4) is 0 Å². The number of alkyl halides is 1. The van der Waals surface area contributed by atoms with Gasteiger partial charge in [0, 0.05) is 13.1 Å². The van der Waals surface area contributed by atoms with E-state index in [-0.39, 0.29) is 0 Å². The van der Waals surface area contributed by atoms with Crippen molar-refractivity contribution in [2.24, 2.45) is 5.73 Å². The number of allylic oxidation sites excluding steroid dienone is 1. The molecule has 78 valence electrons. The quantitative estimate of drug-likeness (QED) is 0.493. The average Bonchev–Trinajstić information content (AvgIpc) is 2.61. The van der Waals surface area contributed by atoms with Crippen molar-refractivity contribution >= 4 is 23.4 Å². The SMILES string of the molecule is NC1=C(CCl)NC(=C2NCCCN2)S1. The Balaban J connectivity index is 2.08. The largest absolute Gasteiger partial charge is 0.392 e. The summed E-state index contributed by atoms with van der Waals surface area (Å²) in [5.41, 5.74) is 6.69. The van der Waals surface area contributed by atoms with Crippen LogP contribution in [0.4, 0.5) is 0 Å². The first-order valence-electron chi connectivity index (χ1n) is 4.52. The Morgan fingerprint density at radius 3 is 2.64 bits per heavy atom. The van der Waals surface area contributed by atoms with Crippen LogP contribution in [-0.2, 0) is 0 Å². The smallest absolute Gasteiger partial charge is 0.130 e. The summed E-state index contributed by atoms with van der Waals surface area (Å²) in [6.45, 7) is 2.01. The summed E-state index contributed by atoms with van der Waals surface area (Å²) in [7, 11) is 0. The first kappa shape index (κ1) is 9.86. The molecule has 1 saturated heterocycles. The molecular formula is C8H13ClN4S. The maximum Gasteiger partial charge on any atom is 0.130 e. The fraction of sp³-hybridized carbons (Fsp3) is 0.500. The normalized spacial score (nSPS) is 21.8. The summed E-state index contributed by atoms with van der Waals surface area (Å²) < 4.78 is 0. The van der Waals surface area contributed by atoms with Crippen LogP contribution in [0.3, 0.4) is 0 Å². The van der Waals surface area contributed by atoms with Crippen LogP contribution in [0.2, 0.25) is 0 Å². The zero-order valence-electron chi connectivity index (χ0n) is 7.69. The summed E-state index contributed by atoms with van der Waals surface area (Å²) in [6.07, 6.45) is 1.15. The fourth-order valence-corrected chi connectivity index (χ4v) is 2.52. The Morgan fingerprint density at radius 2 is 2.07 bits per heavy atom. The van der Waals surface area contributed by atoms with Crippen molar-refractivity contribution in [1.29, 1.82) is 0 Å². The van der Waals surface area contributed by atoms with Crippen LogP contribution in [0.15, 0.2) is 21.6 Å². The fourth-order valence-electron chi connectivity index (χ4n) is 1.35. The topological polar surface area (TPSA) is 62.1 Å². The third-order valence-corrected chi connectivity index (χ3v) is 3.34. The van der Waals surface area contributed by atoms with E-state index in [0.717, 1.165) is 41.1 Å². The van der Waals surface area contributed by atoms with Gasteiger partial charge in [-0.15, -0.1) is 11.6 Å². The van der Waals surface area contributed by atoms with Crippen LogP contribution in [0, 0.1) is 0 Å². The average molecular weight is 233 g/mol. The highest BCUT2D eigenvalue weighted by Gasteiger charge is 2.20. The minimum atomic E-state index is 0.426. The van der Waals surface area contributed by atoms with Crippen molar-refractivity contribution in [2.45, 2.75) is 6.42 Å². The van der Waals surface area contributed by atoms with E-state index in [2.05, 4.69) is 16.0 Å². The van der Waals surface area contributed by atoms with Crippen LogP contribution >= 0.6 is 23.4 Å². The van der Waals surface area contributed by atoms with E-state index in [9.17, 15) is 0 Å². The lowest BCUT2D eigenvalue weighted by Crippen LogP contribution is -2.37. The van der Waals surface area contributed by atoms with Gasteiger partial charge >= 0.3 is 0 Å². The molecular weight excluding hydrogens is 220 g/mol. The van der Waals surface area contributed by atoms with Gasteiger partial charge in [0.15, 0.2) is 0 Å². The number of hydrogen-bond donors (Lipinski definition) is 4. The van der Waals surface area contributed by atoms with E-state index in [0.29, 0.717) is 5.88 Å². The first-order valence-corrected chi connectivity index (χ1v) is 5.88. The number of thioether (sulfide) groups is 1. The van der Waals surface area contributed by atoms with Crippen LogP contribution < -0.4 is 21.7 Å². The molecule has 0 unspecified atom stereocenters. The van der Waals surface area contributed by atoms with E-state index in [1.54, 1.807) is 0 Å². The summed E-state index contributed by atoms with van der Waals surface area (Å²) in [6, 6.07) is 0. The highest BCUT2D eigenvalue weighted by molar-refractivity contribution is 8.06. The predicted octanol–water partition coefficient (Wildman–Crippen LogP) is 0.399. The number of nitrogens with two attached hydrogens (primary N) is 1. The summed E-state index contributed by atoms with van der Waals surface area (Å²) in [4.78, 5) is 0. The van der Waals surface area contributed by atoms with Crippen LogP contribution in [-0.4, -0.2) is 19.0 Å². The van der Waals surface area contributed by atoms with Gasteiger partial charge in [-0.05, 0) is 18.2 Å². The lowest BCUT2D eigenvalue weighted by atomic mass is 10.3. The molecule has 2 heterocycles. The van der Waals surface area contributed by atoms with Crippen molar-refractivity contribution in [1.82, 2.24) is 16.0 Å². The maximum absolute atomic E-state index is 5.79. The molecule has 2 aliphatic heterocycles. The number of halogens is 1. The Labute approximate surface area is 92.3 Å². The summed E-state index contributed by atoms with van der Waals surface area (Å²) >= 11 is 7.25. The number of rotatable bonds is 1. The lowest BCUT2D eigenvalue weighted by Gasteiger charge is -2.21. The molecule has 0 aliphatic carbocycles. The molecule has 2 rings (SSSR count). The third kappa shape index (κ3) is 1.88. The minimum absolute atomic E-state index is 0.426. The monoisotopic (exact) mass is 232 g/mol. The molecule has 0 aromatic carbocycles. The molecule has 0 spiro atoms. The molecule has 0 aromatic heterocycles. The van der Waals surface area contributed by atoms with Gasteiger partial charge < -0.3 is 21.7 Å². The summed E-state index contributed by atoms with van der Waals surface area (Å²) in [5, 5.41) is 11.6. The molecule has 0 atom stereocenters. The Hall–Kier alpha value is -0.680. The van der Waals surface area contributed by atoms with Crippen molar-refractivity contribution < 1.29 is 0 Å². The van der Waals surface area contributed by atoms with Gasteiger partial charge in [0.1, 0.15) is 10.9 Å². The standard InChI is InChI=1S/C8H13ClN4S/c9-4-5-6(10)14-8(13-5)7-11-2-1-3-12-7/h11-13H,1-4,10H2. The molecule has 0 saturated carbocycles. The molecule has 0 radical (unpaired) electrons. The van der Waals surface area contributed by atoms with Crippen LogP contribution in [0.25, 0.3) is 0 Å². The molecule has 1 fully saturated rings. The maximum atomic E-state index is 5.79. The lowest BCUT2D eigenvalue weighted by molar-refractivity contribution is 0.566. The van der Waals surface area contributed by atoms with E-state index < -0.39 is 0 Å². The predicted molar refractivity (Wildman–Crippen MR) is 60.3 cm³/mol. The van der Waals surface area contributed by atoms with Gasteiger partial charge in [0.2, 0.25) is 0 Å². The molecule has 14 heavy (non-hydrogen) atoms. The van der Waals surface area contributed by atoms with Gasteiger partial charge in [-0.3, -0.25) is 0 Å².